The van der Waals surface area contributed by atoms with Crippen molar-refractivity contribution in [3.63, 3.8) is 0 Å². The van der Waals surface area contributed by atoms with Gasteiger partial charge >= 0.3 is 6.34 Å². The lowest BCUT2D eigenvalue weighted by Gasteiger charge is -1.42. The van der Waals surface area contributed by atoms with Crippen molar-refractivity contribution in [2.45, 2.75) is 0 Å². The number of hydrogen-bond donors (Lipinski definition) is 2. The second-order valence-corrected chi connectivity index (χ2v) is 0.923. The van der Waals surface area contributed by atoms with Gasteiger partial charge in [0.25, 0.3) is 0 Å². The second kappa shape index (κ2) is 0.971. The largest absolute Gasteiger partial charge is 0.398 e. The van der Waals surface area contributed by atoms with E-state index in [1.807, 2.05) is 6.21 Å². The van der Waals surface area contributed by atoms with Crippen LogP contribution in [0.3, 0.4) is 0 Å². The van der Waals surface area contributed by atoms with Crippen LogP contribution in [0.4, 0.5) is 0 Å². The molecule has 0 radical (unpaired) electrons. The zero-order valence-corrected chi connectivity index (χ0v) is 2.86. The van der Waals surface area contributed by atoms with Crippen molar-refractivity contribution < 1.29 is 9.98 Å². The molecule has 1 rings (SSSR count). The number of hydrogen-bond acceptors (Lipinski definition) is 0. The predicted octanol–water partition coefficient (Wildman–Crippen LogP) is -3.74. The number of rotatable bonds is 0. The van der Waals surface area contributed by atoms with Gasteiger partial charge in [0.05, 0.1) is 0 Å². The molecule has 0 amide bonds. The Morgan fingerprint density at radius 1 is 1.60 bits per heavy atom. The minimum absolute atomic E-state index is 0.958. The molecule has 2 heteroatoms. The smallest absolute Gasteiger partial charge is 0.183 e. The molecule has 0 fully saturated rings. The first-order valence-corrected chi connectivity index (χ1v) is 1.63. The van der Waals surface area contributed by atoms with E-state index >= 15 is 0 Å². The zero-order valence-electron chi connectivity index (χ0n) is 2.86. The summed E-state index contributed by atoms with van der Waals surface area (Å²) in [7, 11) is 0. The molecule has 0 aromatic rings. The molecule has 0 aliphatic carbocycles. The summed E-state index contributed by atoms with van der Waals surface area (Å²) in [5.74, 6) is 0. The highest BCUT2D eigenvalue weighted by Crippen LogP contribution is 1.13. The van der Waals surface area contributed by atoms with E-state index in [0.717, 1.165) is 6.54 Å². The Balaban J connectivity index is 2.61. The molecule has 1 aliphatic rings. The van der Waals surface area contributed by atoms with Gasteiger partial charge in [-0.1, -0.05) is 0 Å². The third-order valence-electron chi connectivity index (χ3n) is 0.523. The Morgan fingerprint density at radius 3 is 2.80 bits per heavy atom. The van der Waals surface area contributed by atoms with Crippen LogP contribution in [0.5, 0.6) is 0 Å². The summed E-state index contributed by atoms with van der Waals surface area (Å²) in [5, 5.41) is 0. The summed E-state index contributed by atoms with van der Waals surface area (Å²) in [6.07, 6.45) is 3.75. The highest BCUT2D eigenvalue weighted by atomic mass is 14.9. The van der Waals surface area contributed by atoms with E-state index in [4.69, 9.17) is 0 Å². The lowest BCUT2D eigenvalue weighted by molar-refractivity contribution is -0.462. The minimum atomic E-state index is 0.958. The quantitative estimate of drug-likeness (QED) is 0.293. The lowest BCUT2D eigenvalue weighted by atomic mass is 10.8. The predicted molar refractivity (Wildman–Crippen MR) is 18.9 cm³/mol. The van der Waals surface area contributed by atoms with Crippen LogP contribution in [0.2, 0.25) is 0 Å². The Morgan fingerprint density at radius 2 is 2.60 bits per heavy atom. The van der Waals surface area contributed by atoms with Gasteiger partial charge in [0.15, 0.2) is 0 Å². The van der Waals surface area contributed by atoms with Crippen LogP contribution in [-0.4, -0.2) is 19.1 Å². The van der Waals surface area contributed by atoms with Crippen LogP contribution < -0.4 is 9.98 Å². The van der Waals surface area contributed by atoms with Crippen molar-refractivity contribution in [2.75, 3.05) is 6.54 Å². The van der Waals surface area contributed by atoms with Gasteiger partial charge in [-0.15, -0.1) is 0 Å². The molecule has 0 bridgehead atoms. The molecule has 0 spiro atoms. The first-order chi connectivity index (χ1) is 2.50. The molecule has 5 heavy (non-hydrogen) atoms. The SMILES string of the molecule is C1=[NH+]C=[NH+]C1. The van der Waals surface area contributed by atoms with Crippen molar-refractivity contribution in [1.29, 1.82) is 0 Å². The van der Waals surface area contributed by atoms with Gasteiger partial charge in [-0.05, 0) is 0 Å². The normalized spacial score (nSPS) is 17.6. The third-order valence-corrected chi connectivity index (χ3v) is 0.523. The highest BCUT2D eigenvalue weighted by Gasteiger charge is 1.89. The Hall–Kier alpha value is -0.660. The average Bonchev–Trinajstić information content (AvgIpc) is 1.76. The lowest BCUT2D eigenvalue weighted by Crippen LogP contribution is -2.76. The standard InChI is InChI=1S/C3H4N2/c1-2-5-3-4-1/h1,3H,2H2/p+2. The maximum atomic E-state index is 2.93. The van der Waals surface area contributed by atoms with Crippen LogP contribution >= 0.6 is 0 Å². The van der Waals surface area contributed by atoms with E-state index in [1.54, 1.807) is 6.34 Å². The summed E-state index contributed by atoms with van der Waals surface area (Å²) >= 11 is 0. The molecule has 0 saturated heterocycles. The van der Waals surface area contributed by atoms with Crippen molar-refractivity contribution in [2.24, 2.45) is 0 Å². The topological polar surface area (TPSA) is 27.9 Å². The van der Waals surface area contributed by atoms with E-state index in [1.165, 1.54) is 0 Å². The fourth-order valence-electron chi connectivity index (χ4n) is 0.295. The van der Waals surface area contributed by atoms with Crippen LogP contribution in [0.1, 0.15) is 0 Å². The summed E-state index contributed by atoms with van der Waals surface area (Å²) in [5.41, 5.74) is 0. The van der Waals surface area contributed by atoms with Crippen molar-refractivity contribution in [1.82, 2.24) is 0 Å². The molecule has 26 valence electrons. The molecular formula is C3H6N2+2. The zero-order chi connectivity index (χ0) is 3.54. The molecule has 0 aromatic heterocycles. The molecular weight excluding hydrogens is 64.0 g/mol. The van der Waals surface area contributed by atoms with Gasteiger partial charge < -0.3 is 0 Å². The Kier molecular flexibility index (Phi) is 0.499. The van der Waals surface area contributed by atoms with E-state index in [9.17, 15) is 0 Å². The first kappa shape index (κ1) is 2.57. The summed E-state index contributed by atoms with van der Waals surface area (Å²) in [6, 6.07) is 0. The van der Waals surface area contributed by atoms with E-state index in [-0.39, 0.29) is 0 Å². The highest BCUT2D eigenvalue weighted by molar-refractivity contribution is 5.58. The van der Waals surface area contributed by atoms with Gasteiger partial charge in [0, 0.05) is 0 Å². The minimum Gasteiger partial charge on any atom is -0.183 e. The first-order valence-electron chi connectivity index (χ1n) is 1.63. The molecule has 0 aromatic carbocycles. The van der Waals surface area contributed by atoms with Crippen LogP contribution in [0.25, 0.3) is 0 Å². The molecule has 2 N–H and O–H groups in total. The van der Waals surface area contributed by atoms with Gasteiger partial charge in [0.1, 0.15) is 0 Å². The Labute approximate surface area is 30.3 Å². The monoisotopic (exact) mass is 70.1 g/mol. The van der Waals surface area contributed by atoms with Crippen LogP contribution in [-0.2, 0) is 0 Å². The molecule has 1 aliphatic heterocycles. The third kappa shape index (κ3) is 0.318. The average molecular weight is 70.1 g/mol. The van der Waals surface area contributed by atoms with Crippen LogP contribution in [0, 0.1) is 0 Å². The fourth-order valence-corrected chi connectivity index (χ4v) is 0.295. The Bertz CT molecular complexity index is 63.0. The van der Waals surface area contributed by atoms with Gasteiger partial charge in [0.2, 0.25) is 12.8 Å². The van der Waals surface area contributed by atoms with Gasteiger partial charge in [-0.3, -0.25) is 0 Å². The fraction of sp³-hybridized carbons (Fsp3) is 0.333. The van der Waals surface area contributed by atoms with Crippen molar-refractivity contribution in [3.05, 3.63) is 0 Å². The van der Waals surface area contributed by atoms with E-state index in [2.05, 4.69) is 9.98 Å². The van der Waals surface area contributed by atoms with Gasteiger partial charge in [-0.2, -0.15) is 9.98 Å². The maximum absolute atomic E-state index is 2.93. The maximum Gasteiger partial charge on any atom is 0.398 e. The molecule has 0 unspecified atom stereocenters. The van der Waals surface area contributed by atoms with E-state index < -0.39 is 0 Å². The van der Waals surface area contributed by atoms with Crippen molar-refractivity contribution >= 4 is 12.6 Å². The molecule has 0 saturated carbocycles. The van der Waals surface area contributed by atoms with Crippen LogP contribution in [0.15, 0.2) is 0 Å². The number of nitrogens with one attached hydrogen (secondary N) is 2. The summed E-state index contributed by atoms with van der Waals surface area (Å²) < 4.78 is 0. The van der Waals surface area contributed by atoms with Crippen molar-refractivity contribution in [3.8, 4) is 0 Å². The van der Waals surface area contributed by atoms with E-state index in [0.29, 0.717) is 0 Å². The molecule has 2 nitrogen and oxygen atoms in total. The summed E-state index contributed by atoms with van der Waals surface area (Å²) in [4.78, 5) is 5.79. The second-order valence-electron chi connectivity index (χ2n) is 0.923. The van der Waals surface area contributed by atoms with Gasteiger partial charge in [-0.25, -0.2) is 0 Å². The summed E-state index contributed by atoms with van der Waals surface area (Å²) in [6.45, 7) is 0.958. The molecule has 1 heterocycles. The molecule has 0 atom stereocenters.